The van der Waals surface area contributed by atoms with Crippen LogP contribution in [-0.2, 0) is 14.8 Å². The third-order valence-electron chi connectivity index (χ3n) is 3.31. The molecular formula is C11H23N3O3S. The smallest absolute Gasteiger partial charge is 0.224 e. The van der Waals surface area contributed by atoms with Crippen molar-refractivity contribution in [2.75, 3.05) is 12.3 Å². The molecule has 1 aliphatic carbocycles. The van der Waals surface area contributed by atoms with Gasteiger partial charge < -0.3 is 11.1 Å². The summed E-state index contributed by atoms with van der Waals surface area (Å²) in [5.41, 5.74) is 5.98. The second kappa shape index (κ2) is 7.06. The largest absolute Gasteiger partial charge is 0.356 e. The lowest BCUT2D eigenvalue weighted by atomic mass is 9.94. The fraction of sp³-hybridized carbons (Fsp3) is 0.909. The highest BCUT2D eigenvalue weighted by Gasteiger charge is 2.26. The first-order valence-corrected chi connectivity index (χ1v) is 8.15. The van der Waals surface area contributed by atoms with E-state index in [0.29, 0.717) is 13.0 Å². The Morgan fingerprint density at radius 1 is 1.22 bits per heavy atom. The molecule has 1 amide bonds. The zero-order chi connectivity index (χ0) is 13.6. The molecule has 0 aromatic carbocycles. The minimum absolute atomic E-state index is 0.0566. The van der Waals surface area contributed by atoms with Crippen molar-refractivity contribution < 1.29 is 13.2 Å². The van der Waals surface area contributed by atoms with E-state index >= 15 is 0 Å². The molecule has 1 rings (SSSR count). The molecular weight excluding hydrogens is 254 g/mol. The third kappa shape index (κ3) is 5.79. The van der Waals surface area contributed by atoms with Gasteiger partial charge in [-0.15, -0.1) is 0 Å². The van der Waals surface area contributed by atoms with E-state index < -0.39 is 10.0 Å². The second-order valence-electron chi connectivity index (χ2n) is 4.92. The summed E-state index contributed by atoms with van der Waals surface area (Å²) < 4.78 is 21.4. The number of hydrogen-bond acceptors (Lipinski definition) is 4. The van der Waals surface area contributed by atoms with Crippen molar-refractivity contribution in [2.24, 2.45) is 16.8 Å². The molecule has 2 unspecified atom stereocenters. The topological polar surface area (TPSA) is 115 Å². The van der Waals surface area contributed by atoms with Crippen molar-refractivity contribution in [2.45, 2.75) is 44.6 Å². The Bertz CT molecular complexity index is 370. The molecule has 0 heterocycles. The van der Waals surface area contributed by atoms with Crippen LogP contribution in [0, 0.1) is 5.92 Å². The molecule has 6 nitrogen and oxygen atoms in total. The summed E-state index contributed by atoms with van der Waals surface area (Å²) in [6.07, 6.45) is 5.28. The number of nitrogens with two attached hydrogens (primary N) is 2. The number of hydrogen-bond donors (Lipinski definition) is 3. The van der Waals surface area contributed by atoms with E-state index in [1.54, 1.807) is 0 Å². The highest BCUT2D eigenvalue weighted by atomic mass is 32.2. The molecule has 1 aliphatic rings. The predicted molar refractivity (Wildman–Crippen MR) is 70.2 cm³/mol. The standard InChI is InChI=1S/C11H23N3O3S/c12-10-6-3-1-2-5-9(10)11(15)14-7-4-8-18(13,16)17/h9-10H,1-8,12H2,(H,14,15)(H2,13,16,17). The molecule has 18 heavy (non-hydrogen) atoms. The highest BCUT2D eigenvalue weighted by Crippen LogP contribution is 2.22. The van der Waals surface area contributed by atoms with Crippen molar-refractivity contribution in [3.63, 3.8) is 0 Å². The van der Waals surface area contributed by atoms with Gasteiger partial charge in [0.15, 0.2) is 0 Å². The number of carbonyl (C=O) groups is 1. The molecule has 106 valence electrons. The zero-order valence-corrected chi connectivity index (χ0v) is 11.4. The van der Waals surface area contributed by atoms with Crippen LogP contribution < -0.4 is 16.2 Å². The van der Waals surface area contributed by atoms with Gasteiger partial charge in [-0.05, 0) is 19.3 Å². The number of nitrogens with one attached hydrogen (secondary N) is 1. The monoisotopic (exact) mass is 277 g/mol. The first-order valence-electron chi connectivity index (χ1n) is 6.44. The molecule has 0 aromatic heterocycles. The Morgan fingerprint density at radius 2 is 1.89 bits per heavy atom. The lowest BCUT2D eigenvalue weighted by molar-refractivity contribution is -0.125. The van der Waals surface area contributed by atoms with E-state index in [1.165, 1.54) is 0 Å². The number of primary sulfonamides is 1. The number of sulfonamides is 1. The fourth-order valence-corrected chi connectivity index (χ4v) is 2.82. The Balaban J connectivity index is 2.30. The average molecular weight is 277 g/mol. The molecule has 1 fully saturated rings. The van der Waals surface area contributed by atoms with Gasteiger partial charge in [-0.25, -0.2) is 13.6 Å². The van der Waals surface area contributed by atoms with Crippen LogP contribution in [0.1, 0.15) is 38.5 Å². The Morgan fingerprint density at radius 3 is 2.56 bits per heavy atom. The molecule has 0 saturated heterocycles. The second-order valence-corrected chi connectivity index (χ2v) is 6.65. The summed E-state index contributed by atoms with van der Waals surface area (Å²) in [4.78, 5) is 11.9. The first-order chi connectivity index (χ1) is 8.40. The average Bonchev–Trinajstić information content (AvgIpc) is 2.48. The summed E-state index contributed by atoms with van der Waals surface area (Å²) in [6, 6.07) is -0.0780. The van der Waals surface area contributed by atoms with Crippen molar-refractivity contribution in [3.8, 4) is 0 Å². The van der Waals surface area contributed by atoms with E-state index in [-0.39, 0.29) is 23.6 Å². The summed E-state index contributed by atoms with van der Waals surface area (Å²) >= 11 is 0. The van der Waals surface area contributed by atoms with Gasteiger partial charge >= 0.3 is 0 Å². The summed E-state index contributed by atoms with van der Waals surface area (Å²) in [7, 11) is -3.44. The predicted octanol–water partition coefficient (Wildman–Crippen LogP) is -0.311. The van der Waals surface area contributed by atoms with Crippen LogP contribution in [0.25, 0.3) is 0 Å². The first kappa shape index (κ1) is 15.4. The molecule has 1 saturated carbocycles. The van der Waals surface area contributed by atoms with Gasteiger partial charge in [0.05, 0.1) is 11.7 Å². The van der Waals surface area contributed by atoms with Gasteiger partial charge in [0.2, 0.25) is 15.9 Å². The van der Waals surface area contributed by atoms with Crippen molar-refractivity contribution >= 4 is 15.9 Å². The van der Waals surface area contributed by atoms with E-state index in [9.17, 15) is 13.2 Å². The van der Waals surface area contributed by atoms with Crippen LogP contribution >= 0.6 is 0 Å². The number of amides is 1. The number of rotatable bonds is 5. The van der Waals surface area contributed by atoms with Crippen LogP contribution in [0.15, 0.2) is 0 Å². The van der Waals surface area contributed by atoms with E-state index in [4.69, 9.17) is 10.9 Å². The normalized spacial score (nSPS) is 25.4. The van der Waals surface area contributed by atoms with E-state index in [2.05, 4.69) is 5.32 Å². The van der Waals surface area contributed by atoms with Crippen molar-refractivity contribution in [1.82, 2.24) is 5.32 Å². The molecule has 0 aliphatic heterocycles. The minimum Gasteiger partial charge on any atom is -0.356 e. The summed E-state index contributed by atoms with van der Waals surface area (Å²) in [6.45, 7) is 0.332. The van der Waals surface area contributed by atoms with Crippen LogP contribution in [0.2, 0.25) is 0 Å². The Hall–Kier alpha value is -0.660. The summed E-state index contributed by atoms with van der Waals surface area (Å²) in [5.74, 6) is -0.301. The Kier molecular flexibility index (Phi) is 6.04. The maximum Gasteiger partial charge on any atom is 0.224 e. The van der Waals surface area contributed by atoms with Gasteiger partial charge in [-0.2, -0.15) is 0 Å². The molecule has 7 heteroatoms. The third-order valence-corrected chi connectivity index (χ3v) is 4.17. The maximum absolute atomic E-state index is 11.9. The van der Waals surface area contributed by atoms with Crippen molar-refractivity contribution in [3.05, 3.63) is 0 Å². The maximum atomic E-state index is 11.9. The SMILES string of the molecule is NC1CCCCCC1C(=O)NCCCS(N)(=O)=O. The summed E-state index contributed by atoms with van der Waals surface area (Å²) in [5, 5.41) is 7.62. The van der Waals surface area contributed by atoms with Crippen LogP contribution in [-0.4, -0.2) is 32.7 Å². The molecule has 0 spiro atoms. The van der Waals surface area contributed by atoms with Gasteiger partial charge in [0.25, 0.3) is 0 Å². The van der Waals surface area contributed by atoms with Crippen LogP contribution in [0.3, 0.4) is 0 Å². The van der Waals surface area contributed by atoms with E-state index in [0.717, 1.165) is 32.1 Å². The minimum atomic E-state index is -3.44. The lowest BCUT2D eigenvalue weighted by Gasteiger charge is -2.20. The van der Waals surface area contributed by atoms with Crippen LogP contribution in [0.5, 0.6) is 0 Å². The van der Waals surface area contributed by atoms with Gasteiger partial charge in [0, 0.05) is 12.6 Å². The molecule has 0 aromatic rings. The highest BCUT2D eigenvalue weighted by molar-refractivity contribution is 7.89. The molecule has 0 bridgehead atoms. The lowest BCUT2D eigenvalue weighted by Crippen LogP contribution is -2.41. The molecule has 0 radical (unpaired) electrons. The van der Waals surface area contributed by atoms with Gasteiger partial charge in [-0.3, -0.25) is 4.79 Å². The Labute approximate surface area is 109 Å². The zero-order valence-electron chi connectivity index (χ0n) is 10.6. The fourth-order valence-electron chi connectivity index (χ4n) is 2.28. The van der Waals surface area contributed by atoms with Crippen molar-refractivity contribution in [1.29, 1.82) is 0 Å². The molecule has 2 atom stereocenters. The number of carbonyl (C=O) groups excluding carboxylic acids is 1. The van der Waals surface area contributed by atoms with Gasteiger partial charge in [0.1, 0.15) is 0 Å². The van der Waals surface area contributed by atoms with Gasteiger partial charge in [-0.1, -0.05) is 19.3 Å². The molecule has 5 N–H and O–H groups in total. The van der Waals surface area contributed by atoms with E-state index in [1.807, 2.05) is 0 Å². The van der Waals surface area contributed by atoms with Crippen LogP contribution in [0.4, 0.5) is 0 Å². The quantitative estimate of drug-likeness (QED) is 0.472.